The van der Waals surface area contributed by atoms with Gasteiger partial charge in [-0.2, -0.15) is 0 Å². The molecule has 1 aliphatic heterocycles. The molecule has 10 heteroatoms. The molecule has 1 fully saturated rings. The Kier molecular flexibility index (Phi) is 7.12. The summed E-state index contributed by atoms with van der Waals surface area (Å²) >= 11 is 1.41. The van der Waals surface area contributed by atoms with Gasteiger partial charge in [0.2, 0.25) is 0 Å². The lowest BCUT2D eigenvalue weighted by Gasteiger charge is -2.28. The van der Waals surface area contributed by atoms with E-state index in [1.807, 2.05) is 28.5 Å². The number of thiophene rings is 1. The lowest BCUT2D eigenvalue weighted by molar-refractivity contribution is 0.0979. The molecule has 4 rings (SSSR count). The molecule has 3 aromatic rings. The van der Waals surface area contributed by atoms with Gasteiger partial charge < -0.3 is 9.64 Å². The minimum Gasteiger partial charge on any atom is -0.385 e. The molecule has 0 aromatic carbocycles. The lowest BCUT2D eigenvalue weighted by Crippen LogP contribution is -2.41. The largest absolute Gasteiger partial charge is 0.385 e. The standard InChI is InChI=1S/C22H26N4O4S2/c1-30-12-6-2-3-8-18(27)16-15-31-22-19(16)21(26-10-13-32(28,29)14-11-26)24-20(25-22)17-7-4-5-9-23-17/h4-5,7,9,15H,2-3,6,8,10-14H2,1H3. The molecular formula is C22H26N4O4S2. The van der Waals surface area contributed by atoms with Crippen molar-refractivity contribution in [2.45, 2.75) is 25.7 Å². The summed E-state index contributed by atoms with van der Waals surface area (Å²) in [4.78, 5) is 29.5. The molecule has 8 nitrogen and oxygen atoms in total. The second-order valence-corrected chi connectivity index (χ2v) is 10.9. The first-order valence-electron chi connectivity index (χ1n) is 10.7. The van der Waals surface area contributed by atoms with Crippen molar-refractivity contribution >= 4 is 43.0 Å². The van der Waals surface area contributed by atoms with Crippen molar-refractivity contribution in [1.29, 1.82) is 0 Å². The van der Waals surface area contributed by atoms with Crippen LogP contribution in [-0.2, 0) is 14.6 Å². The monoisotopic (exact) mass is 474 g/mol. The van der Waals surface area contributed by atoms with Crippen LogP contribution >= 0.6 is 11.3 Å². The summed E-state index contributed by atoms with van der Waals surface area (Å²) in [6, 6.07) is 5.54. The molecule has 0 saturated carbocycles. The third kappa shape index (κ3) is 5.13. The Morgan fingerprint density at radius 2 is 1.97 bits per heavy atom. The van der Waals surface area contributed by atoms with Gasteiger partial charge in [-0.15, -0.1) is 11.3 Å². The second-order valence-electron chi connectivity index (χ2n) is 7.78. The molecule has 0 spiro atoms. The van der Waals surface area contributed by atoms with Crippen LogP contribution in [0.15, 0.2) is 29.8 Å². The van der Waals surface area contributed by atoms with Crippen LogP contribution in [0.1, 0.15) is 36.0 Å². The van der Waals surface area contributed by atoms with Gasteiger partial charge in [-0.3, -0.25) is 9.78 Å². The average Bonchev–Trinajstić information content (AvgIpc) is 3.23. The highest BCUT2D eigenvalue weighted by Gasteiger charge is 2.27. The van der Waals surface area contributed by atoms with E-state index in [1.54, 1.807) is 13.3 Å². The molecule has 1 aliphatic rings. The predicted octanol–water partition coefficient (Wildman–Crippen LogP) is 3.38. The number of anilines is 1. The maximum absolute atomic E-state index is 13.0. The summed E-state index contributed by atoms with van der Waals surface area (Å²) < 4.78 is 29.0. The fraction of sp³-hybridized carbons (Fsp3) is 0.455. The van der Waals surface area contributed by atoms with Crippen molar-refractivity contribution in [3.05, 3.63) is 35.3 Å². The number of Topliss-reactive ketones (excluding diaryl/α,β-unsaturated/α-hetero) is 1. The van der Waals surface area contributed by atoms with Gasteiger partial charge in [0.15, 0.2) is 21.4 Å². The van der Waals surface area contributed by atoms with Crippen molar-refractivity contribution in [1.82, 2.24) is 15.0 Å². The topological polar surface area (TPSA) is 102 Å². The number of pyridine rings is 1. The zero-order chi connectivity index (χ0) is 22.6. The third-order valence-corrected chi connectivity index (χ3v) is 7.99. The molecule has 0 bridgehead atoms. The van der Waals surface area contributed by atoms with E-state index < -0.39 is 9.84 Å². The highest BCUT2D eigenvalue weighted by atomic mass is 32.2. The van der Waals surface area contributed by atoms with E-state index in [9.17, 15) is 13.2 Å². The van der Waals surface area contributed by atoms with Gasteiger partial charge in [0, 0.05) is 50.4 Å². The first-order chi connectivity index (χ1) is 15.5. The Balaban J connectivity index is 1.69. The molecular weight excluding hydrogens is 448 g/mol. The van der Waals surface area contributed by atoms with Gasteiger partial charge in [-0.05, 0) is 25.0 Å². The molecule has 0 unspecified atom stereocenters. The smallest absolute Gasteiger partial charge is 0.181 e. The number of rotatable bonds is 9. The average molecular weight is 475 g/mol. The molecule has 4 heterocycles. The molecule has 1 saturated heterocycles. The summed E-state index contributed by atoms with van der Waals surface area (Å²) in [5.41, 5.74) is 1.26. The fourth-order valence-electron chi connectivity index (χ4n) is 3.73. The van der Waals surface area contributed by atoms with Crippen LogP contribution in [0.25, 0.3) is 21.7 Å². The fourth-order valence-corrected chi connectivity index (χ4v) is 5.87. The Bertz CT molecular complexity index is 1180. The minimum atomic E-state index is -3.04. The van der Waals surface area contributed by atoms with Crippen LogP contribution < -0.4 is 4.90 Å². The van der Waals surface area contributed by atoms with Crippen LogP contribution in [0, 0.1) is 0 Å². The van der Waals surface area contributed by atoms with Gasteiger partial charge in [-0.1, -0.05) is 12.5 Å². The summed E-state index contributed by atoms with van der Waals surface area (Å²) in [7, 11) is -1.37. The molecule has 3 aromatic heterocycles. The molecule has 0 N–H and O–H groups in total. The van der Waals surface area contributed by atoms with E-state index in [4.69, 9.17) is 9.72 Å². The van der Waals surface area contributed by atoms with E-state index in [-0.39, 0.29) is 17.3 Å². The molecule has 0 atom stereocenters. The minimum absolute atomic E-state index is 0.0636. The Morgan fingerprint density at radius 3 is 2.69 bits per heavy atom. The molecule has 32 heavy (non-hydrogen) atoms. The first-order valence-corrected chi connectivity index (χ1v) is 13.4. The maximum Gasteiger partial charge on any atom is 0.181 e. The number of carbonyl (C=O) groups excluding carboxylic acids is 1. The highest BCUT2D eigenvalue weighted by molar-refractivity contribution is 7.91. The van der Waals surface area contributed by atoms with Gasteiger partial charge in [0.25, 0.3) is 0 Å². The van der Waals surface area contributed by atoms with Crippen molar-refractivity contribution in [3.63, 3.8) is 0 Å². The van der Waals surface area contributed by atoms with E-state index >= 15 is 0 Å². The lowest BCUT2D eigenvalue weighted by atomic mass is 10.0. The summed E-state index contributed by atoms with van der Waals surface area (Å²) in [5.74, 6) is 1.31. The van der Waals surface area contributed by atoms with Crippen LogP contribution in [0.5, 0.6) is 0 Å². The number of ketones is 1. The second kappa shape index (κ2) is 10.0. The van der Waals surface area contributed by atoms with E-state index in [0.717, 1.165) is 24.6 Å². The Hall–Kier alpha value is -2.43. The number of nitrogens with zero attached hydrogens (tertiary/aromatic N) is 4. The van der Waals surface area contributed by atoms with Crippen LogP contribution in [-0.4, -0.2) is 67.5 Å². The number of hydrogen-bond acceptors (Lipinski definition) is 9. The number of unbranched alkanes of at least 4 members (excludes halogenated alkanes) is 2. The van der Waals surface area contributed by atoms with Crippen molar-refractivity contribution in [3.8, 4) is 11.5 Å². The number of ether oxygens (including phenoxy) is 1. The quantitative estimate of drug-likeness (QED) is 0.344. The third-order valence-electron chi connectivity index (χ3n) is 5.51. The normalized spacial score (nSPS) is 15.8. The van der Waals surface area contributed by atoms with Crippen LogP contribution in [0.4, 0.5) is 5.82 Å². The summed E-state index contributed by atoms with van der Waals surface area (Å²) in [5, 5.41) is 2.57. The van der Waals surface area contributed by atoms with Crippen LogP contribution in [0.3, 0.4) is 0 Å². The van der Waals surface area contributed by atoms with Gasteiger partial charge in [0.05, 0.1) is 16.9 Å². The molecule has 0 radical (unpaired) electrons. The SMILES string of the molecule is COCCCCCC(=O)c1csc2nc(-c3ccccn3)nc(N3CCS(=O)(=O)CC3)c12. The maximum atomic E-state index is 13.0. The number of hydrogen-bond donors (Lipinski definition) is 0. The Labute approximate surface area is 191 Å². The molecule has 0 amide bonds. The molecule has 170 valence electrons. The zero-order valence-electron chi connectivity index (χ0n) is 18.0. The number of carbonyl (C=O) groups is 1. The van der Waals surface area contributed by atoms with E-state index in [2.05, 4.69) is 9.97 Å². The van der Waals surface area contributed by atoms with Crippen molar-refractivity contribution in [2.24, 2.45) is 0 Å². The number of sulfone groups is 1. The van der Waals surface area contributed by atoms with Crippen LogP contribution in [0.2, 0.25) is 0 Å². The highest BCUT2D eigenvalue weighted by Crippen LogP contribution is 2.35. The van der Waals surface area contributed by atoms with Gasteiger partial charge in [-0.25, -0.2) is 18.4 Å². The molecule has 0 aliphatic carbocycles. The van der Waals surface area contributed by atoms with E-state index in [1.165, 1.54) is 11.3 Å². The van der Waals surface area contributed by atoms with Gasteiger partial charge >= 0.3 is 0 Å². The zero-order valence-corrected chi connectivity index (χ0v) is 19.6. The van der Waals surface area contributed by atoms with E-state index in [0.29, 0.717) is 53.8 Å². The summed E-state index contributed by atoms with van der Waals surface area (Å²) in [6.45, 7) is 1.38. The number of fused-ring (bicyclic) bond motifs is 1. The van der Waals surface area contributed by atoms with Crippen molar-refractivity contribution in [2.75, 3.05) is 43.2 Å². The first kappa shape index (κ1) is 22.8. The number of methoxy groups -OCH3 is 1. The summed E-state index contributed by atoms with van der Waals surface area (Å²) in [6.07, 6.45) is 4.79. The Morgan fingerprint density at radius 1 is 1.16 bits per heavy atom. The van der Waals surface area contributed by atoms with Crippen molar-refractivity contribution < 1.29 is 17.9 Å². The van der Waals surface area contributed by atoms with Gasteiger partial charge in [0.1, 0.15) is 16.3 Å². The number of aromatic nitrogens is 3. The predicted molar refractivity (Wildman–Crippen MR) is 126 cm³/mol.